The molecule has 4 N–H and O–H groups in total. The van der Waals surface area contributed by atoms with Gasteiger partial charge in [0.2, 0.25) is 12.7 Å². The number of quaternary nitrogens is 1. The summed E-state index contributed by atoms with van der Waals surface area (Å²) in [4.78, 5) is 50.8. The van der Waals surface area contributed by atoms with Crippen molar-refractivity contribution in [2.24, 2.45) is 11.7 Å². The highest BCUT2D eigenvalue weighted by atomic mass is 19.4. The second kappa shape index (κ2) is 17.9. The summed E-state index contributed by atoms with van der Waals surface area (Å²) < 4.78 is 48.9. The van der Waals surface area contributed by atoms with E-state index >= 15 is 0 Å². The van der Waals surface area contributed by atoms with Crippen molar-refractivity contribution in [3.05, 3.63) is 77.9 Å². The van der Waals surface area contributed by atoms with Crippen molar-refractivity contribution in [2.75, 3.05) is 32.2 Å². The molecule has 3 amide bonds. The maximum atomic E-state index is 14.1. The lowest BCUT2D eigenvalue weighted by molar-refractivity contribution is -0.928. The van der Waals surface area contributed by atoms with Crippen LogP contribution in [0.3, 0.4) is 0 Å². The number of nitrogens with two attached hydrogens (primary N) is 1. The van der Waals surface area contributed by atoms with E-state index in [0.29, 0.717) is 35.4 Å². The van der Waals surface area contributed by atoms with E-state index in [-0.39, 0.29) is 30.9 Å². The van der Waals surface area contributed by atoms with Gasteiger partial charge < -0.3 is 44.8 Å². The topological polar surface area (TPSA) is 181 Å². The molecule has 3 aromatic carbocycles. The van der Waals surface area contributed by atoms with Crippen LogP contribution in [0.1, 0.15) is 56.1 Å². The molecular formula is C39H45F3N4O9. The van der Waals surface area contributed by atoms with Crippen molar-refractivity contribution in [3.8, 4) is 23.0 Å². The van der Waals surface area contributed by atoms with Crippen LogP contribution in [0.2, 0.25) is 0 Å². The number of phenols is 1. The Morgan fingerprint density at radius 1 is 0.945 bits per heavy atom. The van der Waals surface area contributed by atoms with Gasteiger partial charge in [0.15, 0.2) is 11.5 Å². The SMILES string of the molecule is C[N+]1(Cc2ccc3c(c2)OCO3)CCC[C@H](N(C(=O)Nc2ccc(OC(=O)C3CCCCC3)cc2)C(=O)[C@@H](N)Cc2ccc(O)cc2)C1.O=C([O-])C(F)(F)F. The van der Waals surface area contributed by atoms with Gasteiger partial charge in [0, 0.05) is 11.3 Å². The second-order valence-corrected chi connectivity index (χ2v) is 14.3. The van der Waals surface area contributed by atoms with Crippen LogP contribution in [0.25, 0.3) is 0 Å². The fourth-order valence-electron chi connectivity index (χ4n) is 7.16. The molecule has 1 saturated carbocycles. The molecule has 0 spiro atoms. The van der Waals surface area contributed by atoms with Gasteiger partial charge in [0.1, 0.15) is 30.6 Å². The highest BCUT2D eigenvalue weighted by Gasteiger charge is 2.41. The summed E-state index contributed by atoms with van der Waals surface area (Å²) in [5, 5.41) is 21.4. The predicted octanol–water partition coefficient (Wildman–Crippen LogP) is 4.64. The molecule has 296 valence electrons. The number of carboxylic acid groups (broad SMARTS) is 1. The summed E-state index contributed by atoms with van der Waals surface area (Å²) in [6, 6.07) is 17.2. The summed E-state index contributed by atoms with van der Waals surface area (Å²) in [6.45, 7) is 2.33. The number of rotatable bonds is 9. The van der Waals surface area contributed by atoms with Crippen LogP contribution in [0, 0.1) is 5.92 Å². The normalized spacial score (nSPS) is 20.0. The summed E-state index contributed by atoms with van der Waals surface area (Å²) in [6.07, 6.45) is 1.40. The molecule has 1 aliphatic carbocycles. The van der Waals surface area contributed by atoms with E-state index in [1.165, 1.54) is 4.90 Å². The van der Waals surface area contributed by atoms with Gasteiger partial charge in [-0.1, -0.05) is 31.4 Å². The minimum Gasteiger partial charge on any atom is -0.542 e. The third-order valence-corrected chi connectivity index (χ3v) is 9.91. The van der Waals surface area contributed by atoms with Crippen LogP contribution in [-0.4, -0.2) is 83.6 Å². The van der Waals surface area contributed by atoms with Crippen molar-refractivity contribution in [1.29, 1.82) is 0 Å². The summed E-state index contributed by atoms with van der Waals surface area (Å²) in [7, 11) is 2.14. The number of urea groups is 1. The molecule has 2 heterocycles. The van der Waals surface area contributed by atoms with Crippen LogP contribution < -0.4 is 30.4 Å². The maximum absolute atomic E-state index is 14.1. The van der Waals surface area contributed by atoms with Crippen LogP contribution in [-0.2, 0) is 27.3 Å². The Bertz CT molecular complexity index is 1820. The molecule has 1 unspecified atom stereocenters. The number of imide groups is 1. The molecule has 6 rings (SSSR count). The van der Waals surface area contributed by atoms with Gasteiger partial charge >= 0.3 is 18.2 Å². The first-order chi connectivity index (χ1) is 26.1. The monoisotopic (exact) mass is 770 g/mol. The number of amides is 3. The molecule has 3 aromatic rings. The average Bonchev–Trinajstić information content (AvgIpc) is 3.61. The second-order valence-electron chi connectivity index (χ2n) is 14.3. The molecule has 2 fully saturated rings. The molecule has 55 heavy (non-hydrogen) atoms. The van der Waals surface area contributed by atoms with Gasteiger partial charge in [0.05, 0.1) is 31.6 Å². The van der Waals surface area contributed by atoms with Crippen molar-refractivity contribution in [1.82, 2.24) is 4.90 Å². The number of piperidine rings is 1. The van der Waals surface area contributed by atoms with Gasteiger partial charge in [-0.25, -0.2) is 4.79 Å². The van der Waals surface area contributed by atoms with E-state index < -0.39 is 36.2 Å². The van der Waals surface area contributed by atoms with Crippen molar-refractivity contribution < 1.29 is 61.3 Å². The number of anilines is 1. The number of hydrogen-bond acceptors (Lipinski definition) is 10. The maximum Gasteiger partial charge on any atom is 0.430 e. The molecule has 13 nitrogen and oxygen atoms in total. The molecule has 16 heteroatoms. The largest absolute Gasteiger partial charge is 0.542 e. The number of benzene rings is 3. The molecule has 0 aromatic heterocycles. The number of nitrogens with zero attached hydrogens (tertiary/aromatic N) is 2. The minimum absolute atomic E-state index is 0.0758. The molecule has 3 aliphatic rings. The molecule has 2 aliphatic heterocycles. The Hall–Kier alpha value is -5.35. The zero-order chi connectivity index (χ0) is 39.8. The van der Waals surface area contributed by atoms with Gasteiger partial charge in [-0.15, -0.1) is 0 Å². The molecule has 0 bridgehead atoms. The number of carboxylic acids is 1. The summed E-state index contributed by atoms with van der Waals surface area (Å²) >= 11 is 0. The highest BCUT2D eigenvalue weighted by Crippen LogP contribution is 2.34. The first kappa shape index (κ1) is 40.8. The number of likely N-dealkylation sites (tertiary alicyclic amines) is 1. The molecular weight excluding hydrogens is 725 g/mol. The van der Waals surface area contributed by atoms with Crippen molar-refractivity contribution >= 4 is 29.6 Å². The standard InChI is InChI=1S/C37H44N4O7.C2HF3O2/c1-41(22-26-11-18-33-34(21-26)47-24-46-33)19-5-8-29(23-41)40(35(43)32(38)20-25-9-14-30(42)15-10-25)37(45)39-28-12-16-31(17-13-28)48-36(44)27-6-3-2-4-7-27;3-2(4,5)1(6)7/h9-18,21,27,29,32H,2-8,19-20,22-24,38H2,1H3,(H-,39,42,45);(H,6,7)/t29-,32-,41?;/m0./s1. The van der Waals surface area contributed by atoms with E-state index in [4.69, 9.17) is 29.8 Å². The zero-order valence-electron chi connectivity index (χ0n) is 30.4. The average molecular weight is 771 g/mol. The lowest BCUT2D eigenvalue weighted by Gasteiger charge is -2.44. The number of esters is 1. The highest BCUT2D eigenvalue weighted by molar-refractivity contribution is 6.03. The zero-order valence-corrected chi connectivity index (χ0v) is 30.4. The number of nitrogens with one attached hydrogen (secondary N) is 1. The van der Waals surface area contributed by atoms with Crippen LogP contribution in [0.15, 0.2) is 66.7 Å². The number of likely N-dealkylation sites (N-methyl/N-ethyl adjacent to an activating group) is 1. The predicted molar refractivity (Wildman–Crippen MR) is 191 cm³/mol. The summed E-state index contributed by atoms with van der Waals surface area (Å²) in [5.41, 5.74) is 8.81. The van der Waals surface area contributed by atoms with E-state index in [2.05, 4.69) is 12.4 Å². The van der Waals surface area contributed by atoms with E-state index in [1.807, 2.05) is 18.2 Å². The third kappa shape index (κ3) is 11.3. The first-order valence-electron chi connectivity index (χ1n) is 18.1. The van der Waals surface area contributed by atoms with Gasteiger partial charge in [-0.05, 0) is 92.3 Å². The molecule has 3 atom stereocenters. The van der Waals surface area contributed by atoms with Crippen molar-refractivity contribution in [3.63, 3.8) is 0 Å². The van der Waals surface area contributed by atoms with Gasteiger partial charge in [-0.2, -0.15) is 13.2 Å². The number of aliphatic carboxylic acids is 1. The number of phenolic OH excluding ortho intramolecular Hbond substituents is 1. The van der Waals surface area contributed by atoms with E-state index in [1.54, 1.807) is 48.5 Å². The quantitative estimate of drug-likeness (QED) is 0.158. The Morgan fingerprint density at radius 2 is 1.58 bits per heavy atom. The number of alkyl halides is 3. The van der Waals surface area contributed by atoms with E-state index in [9.17, 15) is 32.7 Å². The first-order valence-corrected chi connectivity index (χ1v) is 18.1. The summed E-state index contributed by atoms with van der Waals surface area (Å²) in [5.74, 6) is -1.79. The Kier molecular flexibility index (Phi) is 13.3. The lowest BCUT2D eigenvalue weighted by atomic mass is 9.89. The molecule has 0 radical (unpaired) electrons. The van der Waals surface area contributed by atoms with Crippen LogP contribution in [0.4, 0.5) is 23.7 Å². The number of carbonyl (C=O) groups is 4. The number of fused-ring (bicyclic) bond motifs is 1. The van der Waals surface area contributed by atoms with Gasteiger partial charge in [0.25, 0.3) is 0 Å². The number of carbonyl (C=O) groups excluding carboxylic acids is 4. The Morgan fingerprint density at radius 3 is 2.24 bits per heavy atom. The Labute approximate surface area is 316 Å². The number of halogens is 3. The Balaban J connectivity index is 0.000000757. The van der Waals surface area contributed by atoms with Crippen molar-refractivity contribution in [2.45, 2.75) is 76.2 Å². The minimum atomic E-state index is -5.19. The smallest absolute Gasteiger partial charge is 0.430 e. The van der Waals surface area contributed by atoms with Crippen LogP contribution >= 0.6 is 0 Å². The fraction of sp³-hybridized carbons (Fsp3) is 0.436. The third-order valence-electron chi connectivity index (χ3n) is 9.91. The van der Waals surface area contributed by atoms with Gasteiger partial charge in [-0.3, -0.25) is 14.5 Å². The lowest BCUT2D eigenvalue weighted by Crippen LogP contribution is -2.62. The number of aromatic hydroxyl groups is 1. The molecule has 1 saturated heterocycles. The number of hydrogen-bond donors (Lipinski definition) is 3. The number of ether oxygens (including phenoxy) is 3. The van der Waals surface area contributed by atoms with E-state index in [0.717, 1.165) is 67.7 Å². The van der Waals surface area contributed by atoms with Crippen LogP contribution in [0.5, 0.6) is 23.0 Å². The fourth-order valence-corrected chi connectivity index (χ4v) is 7.16.